The van der Waals surface area contributed by atoms with Crippen LogP contribution in [0.1, 0.15) is 17.7 Å². The first-order valence-electron chi connectivity index (χ1n) is 9.83. The molecule has 1 fully saturated rings. The number of hydrogen-bond acceptors (Lipinski definition) is 6. The second-order valence-electron chi connectivity index (χ2n) is 6.89. The Labute approximate surface area is 169 Å². The lowest BCUT2D eigenvalue weighted by Gasteiger charge is -2.26. The van der Waals surface area contributed by atoms with Crippen LogP contribution in [0.15, 0.2) is 53.1 Å². The highest BCUT2D eigenvalue weighted by Gasteiger charge is 2.14. The number of benzene rings is 2. The predicted octanol–water partition coefficient (Wildman–Crippen LogP) is 3.99. The first kappa shape index (κ1) is 19.2. The zero-order chi connectivity index (χ0) is 19.9. The van der Waals surface area contributed by atoms with Gasteiger partial charge in [-0.3, -0.25) is 4.90 Å². The summed E-state index contributed by atoms with van der Waals surface area (Å²) in [4.78, 5) is 2.39. The van der Waals surface area contributed by atoms with E-state index in [4.69, 9.17) is 14.0 Å². The van der Waals surface area contributed by atoms with Gasteiger partial charge in [0, 0.05) is 25.2 Å². The molecule has 0 amide bonds. The Morgan fingerprint density at radius 3 is 2.79 bits per heavy atom. The molecule has 6 nitrogen and oxygen atoms in total. The number of nitriles is 1. The molecule has 0 saturated carbocycles. The van der Waals surface area contributed by atoms with Crippen molar-refractivity contribution in [2.45, 2.75) is 6.42 Å². The molecule has 2 aromatic carbocycles. The second-order valence-corrected chi connectivity index (χ2v) is 6.89. The zero-order valence-corrected chi connectivity index (χ0v) is 16.2. The van der Waals surface area contributed by atoms with E-state index in [9.17, 15) is 5.26 Å². The summed E-state index contributed by atoms with van der Waals surface area (Å²) in [6.45, 7) is 5.20. The van der Waals surface area contributed by atoms with Crippen molar-refractivity contribution in [3.05, 3.63) is 59.8 Å². The van der Waals surface area contributed by atoms with Gasteiger partial charge in [0.15, 0.2) is 5.58 Å². The second kappa shape index (κ2) is 9.37. The van der Waals surface area contributed by atoms with Gasteiger partial charge in [0.05, 0.1) is 30.8 Å². The van der Waals surface area contributed by atoms with Gasteiger partial charge in [-0.1, -0.05) is 35.5 Å². The normalized spacial score (nSPS) is 15.3. The quantitative estimate of drug-likeness (QED) is 0.449. The predicted molar refractivity (Wildman–Crippen MR) is 111 cm³/mol. The number of nitrogens with zero attached hydrogens (tertiary/aromatic N) is 3. The molecule has 0 N–H and O–H groups in total. The molecule has 148 valence electrons. The number of ether oxygens (including phenoxy) is 2. The Hall–Kier alpha value is -3.14. The summed E-state index contributed by atoms with van der Waals surface area (Å²) in [5, 5.41) is 14.6. The molecule has 1 saturated heterocycles. The first-order chi connectivity index (χ1) is 14.3. The molecule has 4 rings (SSSR count). The Balaban J connectivity index is 1.47. The number of hydrogen-bond donors (Lipinski definition) is 0. The van der Waals surface area contributed by atoms with Crippen LogP contribution < -0.4 is 4.74 Å². The average molecular weight is 389 g/mol. The minimum atomic E-state index is 0.444. The Bertz CT molecular complexity index is 1030. The van der Waals surface area contributed by atoms with Crippen molar-refractivity contribution in [3.63, 3.8) is 0 Å². The Morgan fingerprint density at radius 2 is 1.93 bits per heavy atom. The summed E-state index contributed by atoms with van der Waals surface area (Å²) in [5.41, 5.74) is 2.50. The van der Waals surface area contributed by atoms with E-state index in [1.165, 1.54) is 0 Å². The van der Waals surface area contributed by atoms with E-state index in [2.05, 4.69) is 16.1 Å². The van der Waals surface area contributed by atoms with Crippen molar-refractivity contribution >= 4 is 22.6 Å². The summed E-state index contributed by atoms with van der Waals surface area (Å²) < 4.78 is 16.8. The van der Waals surface area contributed by atoms with Crippen molar-refractivity contribution in [3.8, 4) is 11.8 Å². The molecule has 0 radical (unpaired) electrons. The molecule has 3 aromatic rings. The molecule has 0 bridgehead atoms. The van der Waals surface area contributed by atoms with Crippen LogP contribution in [0, 0.1) is 11.3 Å². The van der Waals surface area contributed by atoms with Crippen LogP contribution in [0.2, 0.25) is 0 Å². The van der Waals surface area contributed by atoms with Crippen LogP contribution in [-0.2, 0) is 4.74 Å². The third-order valence-electron chi connectivity index (χ3n) is 4.95. The van der Waals surface area contributed by atoms with Gasteiger partial charge in [0.25, 0.3) is 0 Å². The van der Waals surface area contributed by atoms with Gasteiger partial charge in [-0.15, -0.1) is 0 Å². The molecule has 1 aromatic heterocycles. The standard InChI is InChI=1S/C23H23N3O3/c24-17-19(23-20-7-2-4-9-22(20)29-25-23)16-18-6-1-3-8-21(18)28-13-5-10-26-11-14-27-15-12-26/h1-4,6-9,16H,5,10-15H2/b19-16+. The maximum atomic E-state index is 9.71. The minimum absolute atomic E-state index is 0.444. The SMILES string of the molecule is N#C/C(=C\c1ccccc1OCCCN1CCOCC1)c1noc2ccccc12. The highest BCUT2D eigenvalue weighted by atomic mass is 16.5. The molecular formula is C23H23N3O3. The smallest absolute Gasteiger partial charge is 0.167 e. The summed E-state index contributed by atoms with van der Waals surface area (Å²) in [6, 6.07) is 17.5. The number of aromatic nitrogens is 1. The van der Waals surface area contributed by atoms with E-state index in [1.54, 1.807) is 0 Å². The number of allylic oxidation sites excluding steroid dienone is 1. The topological polar surface area (TPSA) is 71.5 Å². The summed E-state index contributed by atoms with van der Waals surface area (Å²) in [5.74, 6) is 0.759. The van der Waals surface area contributed by atoms with E-state index >= 15 is 0 Å². The maximum absolute atomic E-state index is 9.71. The van der Waals surface area contributed by atoms with Gasteiger partial charge in [-0.2, -0.15) is 5.26 Å². The van der Waals surface area contributed by atoms with E-state index in [0.29, 0.717) is 23.5 Å². The fraction of sp³-hybridized carbons (Fsp3) is 0.304. The van der Waals surface area contributed by atoms with E-state index in [0.717, 1.165) is 56.0 Å². The first-order valence-corrected chi connectivity index (χ1v) is 9.83. The molecule has 29 heavy (non-hydrogen) atoms. The lowest BCUT2D eigenvalue weighted by molar-refractivity contribution is 0.0358. The van der Waals surface area contributed by atoms with Crippen LogP contribution in [0.4, 0.5) is 0 Å². The zero-order valence-electron chi connectivity index (χ0n) is 16.2. The number of morpholine rings is 1. The molecule has 0 unspecified atom stereocenters. The van der Waals surface area contributed by atoms with Crippen molar-refractivity contribution < 1.29 is 14.0 Å². The van der Waals surface area contributed by atoms with Gasteiger partial charge < -0.3 is 14.0 Å². The largest absolute Gasteiger partial charge is 0.493 e. The fourth-order valence-electron chi connectivity index (χ4n) is 3.42. The molecule has 0 atom stereocenters. The number of para-hydroxylation sites is 2. The minimum Gasteiger partial charge on any atom is -0.493 e. The molecule has 1 aliphatic rings. The Kier molecular flexibility index (Phi) is 6.20. The van der Waals surface area contributed by atoms with Gasteiger partial charge in [0.2, 0.25) is 0 Å². The van der Waals surface area contributed by atoms with E-state index in [1.807, 2.05) is 54.6 Å². The highest BCUT2D eigenvalue weighted by Crippen LogP contribution is 2.28. The van der Waals surface area contributed by atoms with Crippen LogP contribution >= 0.6 is 0 Å². The summed E-state index contributed by atoms with van der Waals surface area (Å²) in [7, 11) is 0. The van der Waals surface area contributed by atoms with Gasteiger partial charge in [-0.25, -0.2) is 0 Å². The Morgan fingerprint density at radius 1 is 1.14 bits per heavy atom. The van der Waals surface area contributed by atoms with Gasteiger partial charge >= 0.3 is 0 Å². The van der Waals surface area contributed by atoms with Crippen molar-refractivity contribution in [2.75, 3.05) is 39.5 Å². The fourth-order valence-corrected chi connectivity index (χ4v) is 3.42. The summed E-state index contributed by atoms with van der Waals surface area (Å²) in [6.07, 6.45) is 2.75. The average Bonchev–Trinajstić information content (AvgIpc) is 3.21. The number of rotatable bonds is 7. The third kappa shape index (κ3) is 4.65. The molecule has 0 spiro atoms. The van der Waals surface area contributed by atoms with Crippen LogP contribution in [0.25, 0.3) is 22.6 Å². The highest BCUT2D eigenvalue weighted by molar-refractivity contribution is 5.99. The molecule has 2 heterocycles. The van der Waals surface area contributed by atoms with Crippen molar-refractivity contribution in [1.29, 1.82) is 5.26 Å². The maximum Gasteiger partial charge on any atom is 0.167 e. The van der Waals surface area contributed by atoms with Gasteiger partial charge in [-0.05, 0) is 30.7 Å². The van der Waals surface area contributed by atoms with E-state index in [-0.39, 0.29) is 0 Å². The molecule has 1 aliphatic heterocycles. The van der Waals surface area contributed by atoms with Crippen LogP contribution in [0.3, 0.4) is 0 Å². The monoisotopic (exact) mass is 389 g/mol. The lowest BCUT2D eigenvalue weighted by Crippen LogP contribution is -2.37. The third-order valence-corrected chi connectivity index (χ3v) is 4.95. The van der Waals surface area contributed by atoms with Crippen molar-refractivity contribution in [2.24, 2.45) is 0 Å². The van der Waals surface area contributed by atoms with Gasteiger partial charge in [0.1, 0.15) is 17.5 Å². The molecular weight excluding hydrogens is 366 g/mol. The van der Waals surface area contributed by atoms with Crippen molar-refractivity contribution in [1.82, 2.24) is 10.1 Å². The van der Waals surface area contributed by atoms with E-state index < -0.39 is 0 Å². The molecule has 6 heteroatoms. The van der Waals surface area contributed by atoms with Crippen LogP contribution in [-0.4, -0.2) is 49.5 Å². The summed E-state index contributed by atoms with van der Waals surface area (Å²) >= 11 is 0. The number of fused-ring (bicyclic) bond motifs is 1. The molecule has 0 aliphatic carbocycles. The van der Waals surface area contributed by atoms with Crippen LogP contribution in [0.5, 0.6) is 5.75 Å². The lowest BCUT2D eigenvalue weighted by atomic mass is 10.1.